The summed E-state index contributed by atoms with van der Waals surface area (Å²) in [4.78, 5) is 13.0. The van der Waals surface area contributed by atoms with Gasteiger partial charge in [0.05, 0.1) is 0 Å². The van der Waals surface area contributed by atoms with Gasteiger partial charge in [-0.1, -0.05) is 0 Å². The third-order valence-electron chi connectivity index (χ3n) is 2.26. The molecule has 0 aromatic rings. The molecular formula is C9H15F3N2O2. The van der Waals surface area contributed by atoms with E-state index in [-0.39, 0.29) is 0 Å². The topological polar surface area (TPSA) is 41.6 Å². The van der Waals surface area contributed by atoms with Crippen molar-refractivity contribution in [2.24, 2.45) is 0 Å². The molecule has 1 amide bonds. The molecular weight excluding hydrogens is 225 g/mol. The van der Waals surface area contributed by atoms with Crippen LogP contribution in [-0.4, -0.2) is 50.0 Å². The van der Waals surface area contributed by atoms with Crippen LogP contribution in [0, 0.1) is 0 Å². The second-order valence-corrected chi connectivity index (χ2v) is 3.67. The minimum absolute atomic E-state index is 0.316. The van der Waals surface area contributed by atoms with Gasteiger partial charge in [0.25, 0.3) is 0 Å². The van der Waals surface area contributed by atoms with Crippen LogP contribution < -0.4 is 5.32 Å². The number of alkyl carbamates (subject to hydrolysis) is 1. The molecule has 7 heteroatoms. The van der Waals surface area contributed by atoms with Crippen LogP contribution in [0.3, 0.4) is 0 Å². The third-order valence-corrected chi connectivity index (χ3v) is 2.26. The summed E-state index contributed by atoms with van der Waals surface area (Å²) in [5.41, 5.74) is 0. The fourth-order valence-corrected chi connectivity index (χ4v) is 1.52. The molecule has 0 atom stereocenters. The van der Waals surface area contributed by atoms with Gasteiger partial charge in [-0.15, -0.1) is 0 Å². The summed E-state index contributed by atoms with van der Waals surface area (Å²) in [6, 6.07) is 0. The Morgan fingerprint density at radius 1 is 1.31 bits per heavy atom. The molecule has 1 N–H and O–H groups in total. The first-order valence-corrected chi connectivity index (χ1v) is 5.17. The van der Waals surface area contributed by atoms with E-state index in [1.165, 1.54) is 0 Å². The van der Waals surface area contributed by atoms with E-state index in [0.29, 0.717) is 13.1 Å². The molecule has 0 spiro atoms. The molecule has 4 nitrogen and oxygen atoms in total. The number of carbonyl (C=O) groups excluding carboxylic acids is 1. The normalized spacial score (nSPS) is 17.4. The van der Waals surface area contributed by atoms with Crippen LogP contribution in [0.2, 0.25) is 0 Å². The van der Waals surface area contributed by atoms with E-state index in [1.54, 1.807) is 0 Å². The summed E-state index contributed by atoms with van der Waals surface area (Å²) < 4.78 is 39.0. The van der Waals surface area contributed by atoms with Gasteiger partial charge in [-0.3, -0.25) is 0 Å². The number of nitrogens with zero attached hydrogens (tertiary/aromatic N) is 1. The first-order chi connectivity index (χ1) is 7.47. The van der Waals surface area contributed by atoms with Gasteiger partial charge in [0, 0.05) is 13.1 Å². The van der Waals surface area contributed by atoms with Crippen molar-refractivity contribution < 1.29 is 22.7 Å². The van der Waals surface area contributed by atoms with E-state index in [0.717, 1.165) is 25.9 Å². The lowest BCUT2D eigenvalue weighted by Crippen LogP contribution is -2.35. The van der Waals surface area contributed by atoms with Crippen LogP contribution >= 0.6 is 0 Å². The van der Waals surface area contributed by atoms with Gasteiger partial charge in [-0.2, -0.15) is 13.2 Å². The SMILES string of the molecule is O=C(NCCN1CCCC1)OCC(F)(F)F. The van der Waals surface area contributed by atoms with E-state index < -0.39 is 18.9 Å². The highest BCUT2D eigenvalue weighted by Crippen LogP contribution is 2.14. The number of ether oxygens (including phenoxy) is 1. The van der Waals surface area contributed by atoms with Gasteiger partial charge in [-0.25, -0.2) is 4.79 Å². The summed E-state index contributed by atoms with van der Waals surface area (Å²) in [6.07, 6.45) is -3.21. The van der Waals surface area contributed by atoms with Crippen LogP contribution in [0.5, 0.6) is 0 Å². The van der Waals surface area contributed by atoms with Crippen molar-refractivity contribution >= 4 is 6.09 Å². The fourth-order valence-electron chi connectivity index (χ4n) is 1.52. The van der Waals surface area contributed by atoms with Gasteiger partial charge in [0.1, 0.15) is 0 Å². The number of halogens is 3. The van der Waals surface area contributed by atoms with Crippen molar-refractivity contribution in [3.05, 3.63) is 0 Å². The Morgan fingerprint density at radius 3 is 2.50 bits per heavy atom. The largest absolute Gasteiger partial charge is 0.440 e. The van der Waals surface area contributed by atoms with Crippen molar-refractivity contribution in [3.63, 3.8) is 0 Å². The Morgan fingerprint density at radius 2 is 1.94 bits per heavy atom. The van der Waals surface area contributed by atoms with Gasteiger partial charge < -0.3 is 15.0 Å². The molecule has 0 radical (unpaired) electrons. The monoisotopic (exact) mass is 240 g/mol. The maximum absolute atomic E-state index is 11.7. The Hall–Kier alpha value is -0.980. The predicted octanol–water partition coefficient (Wildman–Crippen LogP) is 1.37. The van der Waals surface area contributed by atoms with E-state index in [9.17, 15) is 18.0 Å². The molecule has 16 heavy (non-hydrogen) atoms. The quantitative estimate of drug-likeness (QED) is 0.807. The molecule has 0 aromatic carbocycles. The van der Waals surface area contributed by atoms with E-state index in [4.69, 9.17) is 0 Å². The summed E-state index contributed by atoms with van der Waals surface area (Å²) in [5.74, 6) is 0. The molecule has 0 aromatic heterocycles. The highest BCUT2D eigenvalue weighted by atomic mass is 19.4. The number of likely N-dealkylation sites (tertiary alicyclic amines) is 1. The lowest BCUT2D eigenvalue weighted by molar-refractivity contribution is -0.160. The number of carbonyl (C=O) groups is 1. The molecule has 0 unspecified atom stereocenters. The van der Waals surface area contributed by atoms with Gasteiger partial charge in [-0.05, 0) is 25.9 Å². The van der Waals surface area contributed by atoms with Crippen LogP contribution in [0.25, 0.3) is 0 Å². The number of amides is 1. The zero-order chi connectivity index (χ0) is 12.0. The van der Waals surface area contributed by atoms with Gasteiger partial charge >= 0.3 is 12.3 Å². The first-order valence-electron chi connectivity index (χ1n) is 5.17. The van der Waals surface area contributed by atoms with Crippen LogP contribution in [0.4, 0.5) is 18.0 Å². The molecule has 0 saturated carbocycles. The summed E-state index contributed by atoms with van der Waals surface area (Å²) in [6.45, 7) is 1.40. The minimum atomic E-state index is -4.47. The van der Waals surface area contributed by atoms with Gasteiger partial charge in [0.15, 0.2) is 6.61 Å². The van der Waals surface area contributed by atoms with Crippen LogP contribution in [-0.2, 0) is 4.74 Å². The van der Waals surface area contributed by atoms with Crippen molar-refractivity contribution in [2.75, 3.05) is 32.8 Å². The highest BCUT2D eigenvalue weighted by Gasteiger charge is 2.29. The maximum atomic E-state index is 11.7. The standard InChI is InChI=1S/C9H15F3N2O2/c10-9(11,12)7-16-8(15)13-3-6-14-4-1-2-5-14/h1-7H2,(H,13,15). The smallest absolute Gasteiger partial charge is 0.422 e. The average Bonchev–Trinajstić information content (AvgIpc) is 2.66. The summed E-state index contributed by atoms with van der Waals surface area (Å²) >= 11 is 0. The van der Waals surface area contributed by atoms with Crippen molar-refractivity contribution in [1.82, 2.24) is 10.2 Å². The molecule has 1 saturated heterocycles. The minimum Gasteiger partial charge on any atom is -0.440 e. The van der Waals surface area contributed by atoms with Crippen molar-refractivity contribution in [1.29, 1.82) is 0 Å². The molecule has 1 aliphatic rings. The van der Waals surface area contributed by atoms with E-state index in [2.05, 4.69) is 15.0 Å². The lowest BCUT2D eigenvalue weighted by atomic mass is 10.4. The zero-order valence-corrected chi connectivity index (χ0v) is 8.85. The van der Waals surface area contributed by atoms with Crippen molar-refractivity contribution in [3.8, 4) is 0 Å². The maximum Gasteiger partial charge on any atom is 0.422 e. The van der Waals surface area contributed by atoms with Crippen molar-refractivity contribution in [2.45, 2.75) is 19.0 Å². The van der Waals surface area contributed by atoms with E-state index >= 15 is 0 Å². The number of alkyl halides is 3. The number of rotatable bonds is 4. The second kappa shape index (κ2) is 5.93. The third kappa shape index (κ3) is 5.79. The zero-order valence-electron chi connectivity index (χ0n) is 8.85. The summed E-state index contributed by atoms with van der Waals surface area (Å²) in [7, 11) is 0. The number of hydrogen-bond donors (Lipinski definition) is 1. The Kier molecular flexibility index (Phi) is 4.85. The highest BCUT2D eigenvalue weighted by molar-refractivity contribution is 5.67. The summed E-state index contributed by atoms with van der Waals surface area (Å²) in [5, 5.41) is 2.28. The molecule has 1 fully saturated rings. The van der Waals surface area contributed by atoms with Crippen LogP contribution in [0.15, 0.2) is 0 Å². The number of nitrogens with one attached hydrogen (secondary N) is 1. The Labute approximate surface area is 91.7 Å². The molecule has 1 aliphatic heterocycles. The first kappa shape index (κ1) is 13.1. The van der Waals surface area contributed by atoms with E-state index in [1.807, 2.05) is 0 Å². The lowest BCUT2D eigenvalue weighted by Gasteiger charge is -2.14. The predicted molar refractivity (Wildman–Crippen MR) is 51.1 cm³/mol. The molecule has 1 heterocycles. The molecule has 1 rings (SSSR count). The average molecular weight is 240 g/mol. The number of hydrogen-bond acceptors (Lipinski definition) is 3. The second-order valence-electron chi connectivity index (χ2n) is 3.67. The van der Waals surface area contributed by atoms with Crippen LogP contribution in [0.1, 0.15) is 12.8 Å². The Balaban J connectivity index is 2.01. The fraction of sp³-hybridized carbons (Fsp3) is 0.889. The Bertz CT molecular complexity index is 227. The molecule has 0 aliphatic carbocycles. The molecule has 94 valence electrons. The van der Waals surface area contributed by atoms with Gasteiger partial charge in [0.2, 0.25) is 0 Å². The molecule has 0 bridgehead atoms.